The largest absolute Gasteiger partial charge is 0.465 e. The average Bonchev–Trinajstić information content (AvgIpc) is 2.46. The molecule has 0 saturated carbocycles. The van der Waals surface area contributed by atoms with Crippen molar-refractivity contribution in [3.05, 3.63) is 48.2 Å². The predicted octanol–water partition coefficient (Wildman–Crippen LogP) is 2.60. The minimum atomic E-state index is -0.353. The molecule has 1 heterocycles. The fraction of sp³-hybridized carbons (Fsp3) is 0.200. The number of nitrogens with zero attached hydrogens (tertiary/aromatic N) is 2. The summed E-state index contributed by atoms with van der Waals surface area (Å²) < 4.78 is 4.79. The molecule has 0 saturated heterocycles. The van der Waals surface area contributed by atoms with Crippen LogP contribution >= 0.6 is 0 Å². The van der Waals surface area contributed by atoms with E-state index in [2.05, 4.69) is 4.98 Å². The summed E-state index contributed by atoms with van der Waals surface area (Å²) in [4.78, 5) is 18.1. The van der Waals surface area contributed by atoms with Gasteiger partial charge in [-0.2, -0.15) is 0 Å². The molecule has 0 amide bonds. The van der Waals surface area contributed by atoms with Crippen LogP contribution in [0.1, 0.15) is 10.4 Å². The summed E-state index contributed by atoms with van der Waals surface area (Å²) in [7, 11) is 5.29. The molecule has 0 aliphatic carbocycles. The van der Waals surface area contributed by atoms with Crippen molar-refractivity contribution in [3.63, 3.8) is 0 Å². The molecule has 0 radical (unpaired) electrons. The van der Waals surface area contributed by atoms with Crippen molar-refractivity contribution in [2.24, 2.45) is 0 Å². The van der Waals surface area contributed by atoms with Crippen molar-refractivity contribution < 1.29 is 9.53 Å². The molecule has 0 spiro atoms. The lowest BCUT2D eigenvalue weighted by atomic mass is 10.0. The van der Waals surface area contributed by atoms with E-state index in [1.807, 2.05) is 49.3 Å². The normalized spacial score (nSPS) is 10.1. The summed E-state index contributed by atoms with van der Waals surface area (Å²) in [6, 6.07) is 11.2. The number of carbonyl (C=O) groups excluding carboxylic acids is 1. The highest BCUT2D eigenvalue weighted by Crippen LogP contribution is 2.23. The third kappa shape index (κ3) is 2.73. The highest BCUT2D eigenvalue weighted by molar-refractivity contribution is 5.96. The molecule has 0 atom stereocenters. The average molecular weight is 256 g/mol. The van der Waals surface area contributed by atoms with Crippen LogP contribution in [0.4, 0.5) is 5.69 Å². The van der Waals surface area contributed by atoms with Crippen molar-refractivity contribution in [3.8, 4) is 11.3 Å². The molecule has 4 heteroatoms. The highest BCUT2D eigenvalue weighted by Gasteiger charge is 2.13. The Labute approximate surface area is 112 Å². The lowest BCUT2D eigenvalue weighted by molar-refractivity contribution is 0.0601. The summed E-state index contributed by atoms with van der Waals surface area (Å²) in [5.74, 6) is -0.353. The van der Waals surface area contributed by atoms with Gasteiger partial charge in [-0.05, 0) is 18.2 Å². The number of pyridine rings is 1. The number of hydrogen-bond donors (Lipinski definition) is 0. The Bertz CT molecular complexity index is 577. The summed E-state index contributed by atoms with van der Waals surface area (Å²) in [5.41, 5.74) is 3.07. The first-order valence-electron chi connectivity index (χ1n) is 5.94. The number of ether oxygens (including phenoxy) is 1. The van der Waals surface area contributed by atoms with Crippen LogP contribution in [0.15, 0.2) is 42.6 Å². The maximum Gasteiger partial charge on any atom is 0.338 e. The van der Waals surface area contributed by atoms with Gasteiger partial charge >= 0.3 is 5.97 Å². The van der Waals surface area contributed by atoms with Crippen molar-refractivity contribution >= 4 is 11.7 Å². The van der Waals surface area contributed by atoms with Crippen molar-refractivity contribution in [1.29, 1.82) is 0 Å². The van der Waals surface area contributed by atoms with Crippen LogP contribution in [0.3, 0.4) is 0 Å². The minimum Gasteiger partial charge on any atom is -0.465 e. The van der Waals surface area contributed by atoms with Gasteiger partial charge < -0.3 is 9.64 Å². The quantitative estimate of drug-likeness (QED) is 0.792. The SMILES string of the molecule is COC(=O)c1ccccc1-c1ccc(N(C)C)cn1. The molecule has 1 aromatic carbocycles. The zero-order valence-corrected chi connectivity index (χ0v) is 11.3. The van der Waals surface area contributed by atoms with E-state index >= 15 is 0 Å². The van der Waals surface area contributed by atoms with Gasteiger partial charge in [-0.3, -0.25) is 4.98 Å². The molecule has 4 nitrogen and oxygen atoms in total. The van der Waals surface area contributed by atoms with Gasteiger partial charge in [0.1, 0.15) is 0 Å². The summed E-state index contributed by atoms with van der Waals surface area (Å²) >= 11 is 0. The maximum absolute atomic E-state index is 11.7. The number of rotatable bonds is 3. The predicted molar refractivity (Wildman–Crippen MR) is 75.3 cm³/mol. The summed E-state index contributed by atoms with van der Waals surface area (Å²) in [6.45, 7) is 0. The van der Waals surface area contributed by atoms with E-state index in [1.165, 1.54) is 7.11 Å². The Morgan fingerprint density at radius 2 is 1.89 bits per heavy atom. The van der Waals surface area contributed by atoms with Crippen LogP contribution in [0.25, 0.3) is 11.3 Å². The minimum absolute atomic E-state index is 0.353. The van der Waals surface area contributed by atoms with E-state index in [-0.39, 0.29) is 5.97 Å². The number of benzene rings is 1. The number of aromatic nitrogens is 1. The molecule has 0 aliphatic heterocycles. The van der Waals surface area contributed by atoms with Crippen LogP contribution < -0.4 is 4.90 Å². The molecular weight excluding hydrogens is 240 g/mol. The Morgan fingerprint density at radius 1 is 1.16 bits per heavy atom. The second-order valence-electron chi connectivity index (χ2n) is 4.33. The van der Waals surface area contributed by atoms with Gasteiger partial charge in [0.25, 0.3) is 0 Å². The van der Waals surface area contributed by atoms with Crippen LogP contribution in [0.2, 0.25) is 0 Å². The first kappa shape index (κ1) is 13.1. The third-order valence-corrected chi connectivity index (χ3v) is 2.87. The molecule has 1 aromatic heterocycles. The molecule has 0 bridgehead atoms. The van der Waals surface area contributed by atoms with Gasteiger partial charge in [-0.25, -0.2) is 4.79 Å². The van der Waals surface area contributed by atoms with Gasteiger partial charge in [-0.15, -0.1) is 0 Å². The Morgan fingerprint density at radius 3 is 2.47 bits per heavy atom. The van der Waals surface area contributed by atoms with Crippen LogP contribution in [0.5, 0.6) is 0 Å². The molecular formula is C15H16N2O2. The lowest BCUT2D eigenvalue weighted by Gasteiger charge is -2.12. The standard InChI is InChI=1S/C15H16N2O2/c1-17(2)11-8-9-14(16-10-11)12-6-4-5-7-13(12)15(18)19-3/h4-10H,1-3H3. The van der Waals surface area contributed by atoms with Crippen molar-refractivity contribution in [2.75, 3.05) is 26.1 Å². The second-order valence-corrected chi connectivity index (χ2v) is 4.33. The number of hydrogen-bond acceptors (Lipinski definition) is 4. The molecule has 0 unspecified atom stereocenters. The molecule has 0 fully saturated rings. The fourth-order valence-electron chi connectivity index (χ4n) is 1.80. The molecule has 2 rings (SSSR count). The number of anilines is 1. The Balaban J connectivity index is 2.44. The fourth-order valence-corrected chi connectivity index (χ4v) is 1.80. The van der Waals surface area contributed by atoms with Gasteiger partial charge in [0.2, 0.25) is 0 Å². The number of esters is 1. The van der Waals surface area contributed by atoms with E-state index in [0.717, 1.165) is 16.9 Å². The van der Waals surface area contributed by atoms with Crippen LogP contribution in [-0.2, 0) is 4.74 Å². The smallest absolute Gasteiger partial charge is 0.338 e. The first-order valence-corrected chi connectivity index (χ1v) is 5.94. The van der Waals surface area contributed by atoms with E-state index in [0.29, 0.717) is 5.56 Å². The Kier molecular flexibility index (Phi) is 3.80. The topological polar surface area (TPSA) is 42.4 Å². The highest BCUT2D eigenvalue weighted by atomic mass is 16.5. The summed E-state index contributed by atoms with van der Waals surface area (Å²) in [5, 5.41) is 0. The van der Waals surface area contributed by atoms with Gasteiger partial charge in [-0.1, -0.05) is 18.2 Å². The zero-order chi connectivity index (χ0) is 13.8. The number of methoxy groups -OCH3 is 1. The van der Waals surface area contributed by atoms with Crippen LogP contribution in [0, 0.1) is 0 Å². The van der Waals surface area contributed by atoms with Gasteiger partial charge in [0, 0.05) is 19.7 Å². The monoisotopic (exact) mass is 256 g/mol. The molecule has 0 aliphatic rings. The Hall–Kier alpha value is -2.36. The molecule has 2 aromatic rings. The van der Waals surface area contributed by atoms with E-state index < -0.39 is 0 Å². The van der Waals surface area contributed by atoms with Gasteiger partial charge in [0.15, 0.2) is 0 Å². The first-order chi connectivity index (χ1) is 9.13. The second kappa shape index (κ2) is 5.52. The van der Waals surface area contributed by atoms with Crippen LogP contribution in [-0.4, -0.2) is 32.2 Å². The maximum atomic E-state index is 11.7. The van der Waals surface area contributed by atoms with E-state index in [9.17, 15) is 4.79 Å². The van der Waals surface area contributed by atoms with Crippen molar-refractivity contribution in [2.45, 2.75) is 0 Å². The van der Waals surface area contributed by atoms with Crippen molar-refractivity contribution in [1.82, 2.24) is 4.98 Å². The van der Waals surface area contributed by atoms with E-state index in [1.54, 1.807) is 12.3 Å². The number of carbonyl (C=O) groups is 1. The zero-order valence-electron chi connectivity index (χ0n) is 11.3. The molecule has 19 heavy (non-hydrogen) atoms. The third-order valence-electron chi connectivity index (χ3n) is 2.87. The summed E-state index contributed by atoms with van der Waals surface area (Å²) in [6.07, 6.45) is 1.78. The molecule has 0 N–H and O–H groups in total. The molecule has 98 valence electrons. The lowest BCUT2D eigenvalue weighted by Crippen LogP contribution is -2.09. The van der Waals surface area contributed by atoms with Gasteiger partial charge in [0.05, 0.1) is 30.3 Å². The van der Waals surface area contributed by atoms with E-state index in [4.69, 9.17) is 4.74 Å².